The molecule has 100 valence electrons. The minimum atomic E-state index is -0.440. The van der Waals surface area contributed by atoms with E-state index in [4.69, 9.17) is 14.2 Å². The molecule has 0 fully saturated rings. The molecule has 1 aliphatic rings. The zero-order valence-corrected chi connectivity index (χ0v) is 11.3. The molecule has 19 heavy (non-hydrogen) atoms. The summed E-state index contributed by atoms with van der Waals surface area (Å²) in [6.07, 6.45) is 1.66. The average Bonchev–Trinajstić information content (AvgIpc) is 2.67. The molecule has 2 rings (SSSR count). The molecule has 0 saturated heterocycles. The van der Waals surface area contributed by atoms with Gasteiger partial charge < -0.3 is 14.2 Å². The molecule has 0 radical (unpaired) electrons. The van der Waals surface area contributed by atoms with Crippen LogP contribution in [0.1, 0.15) is 18.1 Å². The summed E-state index contributed by atoms with van der Waals surface area (Å²) < 4.78 is 15.4. The Hall–Kier alpha value is -2.30. The zero-order valence-electron chi connectivity index (χ0n) is 11.3. The maximum atomic E-state index is 11.5. The highest BCUT2D eigenvalue weighted by atomic mass is 16.6. The van der Waals surface area contributed by atoms with Gasteiger partial charge in [0.05, 0.1) is 14.2 Å². The summed E-state index contributed by atoms with van der Waals surface area (Å²) >= 11 is 0. The van der Waals surface area contributed by atoms with Crippen LogP contribution in [0.4, 0.5) is 0 Å². The maximum Gasteiger partial charge on any atom is 0.363 e. The van der Waals surface area contributed by atoms with E-state index in [-0.39, 0.29) is 5.70 Å². The number of benzene rings is 1. The van der Waals surface area contributed by atoms with Crippen molar-refractivity contribution in [2.75, 3.05) is 14.2 Å². The molecule has 5 nitrogen and oxygen atoms in total. The van der Waals surface area contributed by atoms with Gasteiger partial charge in [0.1, 0.15) is 0 Å². The first-order valence-corrected chi connectivity index (χ1v) is 5.77. The van der Waals surface area contributed by atoms with E-state index < -0.39 is 5.97 Å². The largest absolute Gasteiger partial charge is 0.493 e. The van der Waals surface area contributed by atoms with E-state index in [2.05, 4.69) is 4.99 Å². The number of carbonyl (C=O) groups excluding carboxylic acids is 1. The number of hydrogen-bond acceptors (Lipinski definition) is 5. The third kappa shape index (κ3) is 2.59. The van der Waals surface area contributed by atoms with Crippen molar-refractivity contribution in [1.29, 1.82) is 0 Å². The normalized spacial score (nSPS) is 16.3. The van der Waals surface area contributed by atoms with Crippen LogP contribution in [0.25, 0.3) is 6.08 Å². The number of ether oxygens (including phenoxy) is 3. The summed E-state index contributed by atoms with van der Waals surface area (Å²) in [5.41, 5.74) is 2.01. The van der Waals surface area contributed by atoms with Gasteiger partial charge in [-0.3, -0.25) is 0 Å². The third-order valence-electron chi connectivity index (χ3n) is 2.72. The van der Waals surface area contributed by atoms with Crippen molar-refractivity contribution in [2.24, 2.45) is 4.99 Å². The number of hydrogen-bond donors (Lipinski definition) is 0. The lowest BCUT2D eigenvalue weighted by atomic mass is 10.1. The Morgan fingerprint density at radius 2 is 1.95 bits per heavy atom. The number of nitrogens with zero attached hydrogens (tertiary/aromatic N) is 1. The smallest absolute Gasteiger partial charge is 0.363 e. The van der Waals surface area contributed by atoms with Crippen molar-refractivity contribution in [3.05, 3.63) is 29.0 Å². The van der Waals surface area contributed by atoms with Crippen LogP contribution >= 0.6 is 0 Å². The molecule has 1 heterocycles. The molecule has 5 heteroatoms. The van der Waals surface area contributed by atoms with E-state index in [1.165, 1.54) is 0 Å². The van der Waals surface area contributed by atoms with E-state index in [0.717, 1.165) is 11.1 Å². The van der Waals surface area contributed by atoms with Gasteiger partial charge in [-0.05, 0) is 36.3 Å². The lowest BCUT2D eigenvalue weighted by Gasteiger charge is -2.11. The zero-order chi connectivity index (χ0) is 14.0. The van der Waals surface area contributed by atoms with Crippen molar-refractivity contribution < 1.29 is 19.0 Å². The van der Waals surface area contributed by atoms with Gasteiger partial charge in [-0.25, -0.2) is 9.79 Å². The van der Waals surface area contributed by atoms with Gasteiger partial charge >= 0.3 is 5.97 Å². The summed E-state index contributed by atoms with van der Waals surface area (Å²) in [4.78, 5) is 15.5. The second kappa shape index (κ2) is 5.14. The molecule has 0 bridgehead atoms. The Labute approximate surface area is 111 Å². The Bertz CT molecular complexity index is 587. The number of aliphatic imine (C=N–C) groups is 1. The predicted molar refractivity (Wildman–Crippen MR) is 71.5 cm³/mol. The molecule has 0 aliphatic carbocycles. The van der Waals surface area contributed by atoms with E-state index >= 15 is 0 Å². The number of methoxy groups -OCH3 is 2. The highest BCUT2D eigenvalue weighted by molar-refractivity contribution is 6.06. The summed E-state index contributed by atoms with van der Waals surface area (Å²) in [6.45, 7) is 3.55. The third-order valence-corrected chi connectivity index (χ3v) is 2.72. The Balaban J connectivity index is 2.45. The van der Waals surface area contributed by atoms with Gasteiger partial charge in [-0.1, -0.05) is 0 Å². The molecule has 0 unspecified atom stereocenters. The van der Waals surface area contributed by atoms with Crippen molar-refractivity contribution in [3.63, 3.8) is 0 Å². The number of aryl methyl sites for hydroxylation is 1. The average molecular weight is 261 g/mol. The second-order valence-electron chi connectivity index (χ2n) is 4.12. The van der Waals surface area contributed by atoms with Gasteiger partial charge in [0.2, 0.25) is 0 Å². The monoisotopic (exact) mass is 261 g/mol. The second-order valence-corrected chi connectivity index (χ2v) is 4.12. The van der Waals surface area contributed by atoms with Crippen molar-refractivity contribution in [3.8, 4) is 11.5 Å². The quantitative estimate of drug-likeness (QED) is 0.619. The number of rotatable bonds is 3. The van der Waals surface area contributed by atoms with Gasteiger partial charge in [-0.2, -0.15) is 0 Å². The van der Waals surface area contributed by atoms with E-state index in [9.17, 15) is 4.79 Å². The highest BCUT2D eigenvalue weighted by Gasteiger charge is 2.20. The lowest BCUT2D eigenvalue weighted by Crippen LogP contribution is -2.00. The molecule has 0 aromatic heterocycles. The molecular weight excluding hydrogens is 246 g/mol. The van der Waals surface area contributed by atoms with Crippen molar-refractivity contribution in [2.45, 2.75) is 13.8 Å². The molecule has 1 aromatic rings. The molecule has 0 spiro atoms. The molecule has 1 aromatic carbocycles. The van der Waals surface area contributed by atoms with Crippen LogP contribution in [-0.4, -0.2) is 26.1 Å². The summed E-state index contributed by atoms with van der Waals surface area (Å²) in [5.74, 6) is 1.21. The summed E-state index contributed by atoms with van der Waals surface area (Å²) in [6, 6.07) is 3.68. The highest BCUT2D eigenvalue weighted by Crippen LogP contribution is 2.33. The van der Waals surface area contributed by atoms with Crippen LogP contribution in [0.15, 0.2) is 22.8 Å². The Kier molecular flexibility index (Phi) is 3.55. The predicted octanol–water partition coefficient (Wildman–Crippen LogP) is 2.33. The molecule has 0 saturated carbocycles. The van der Waals surface area contributed by atoms with E-state index in [1.54, 1.807) is 33.3 Å². The van der Waals surface area contributed by atoms with Gasteiger partial charge in [0.15, 0.2) is 23.1 Å². The fourth-order valence-electron chi connectivity index (χ4n) is 1.94. The van der Waals surface area contributed by atoms with Crippen LogP contribution in [0.5, 0.6) is 11.5 Å². The van der Waals surface area contributed by atoms with E-state index in [1.807, 2.05) is 13.0 Å². The van der Waals surface area contributed by atoms with Gasteiger partial charge in [0, 0.05) is 6.92 Å². The Morgan fingerprint density at radius 3 is 2.47 bits per heavy atom. The molecule has 0 atom stereocenters. The number of cyclic esters (lactones) is 1. The van der Waals surface area contributed by atoms with Gasteiger partial charge in [0.25, 0.3) is 0 Å². The first-order chi connectivity index (χ1) is 9.05. The van der Waals surface area contributed by atoms with Crippen LogP contribution in [-0.2, 0) is 9.53 Å². The van der Waals surface area contributed by atoms with Gasteiger partial charge in [-0.15, -0.1) is 0 Å². The lowest BCUT2D eigenvalue weighted by molar-refractivity contribution is -0.130. The molecule has 0 amide bonds. The topological polar surface area (TPSA) is 57.1 Å². The van der Waals surface area contributed by atoms with Crippen LogP contribution in [0.3, 0.4) is 0 Å². The summed E-state index contributed by atoms with van der Waals surface area (Å²) in [5, 5.41) is 0. The first kappa shape index (κ1) is 13.1. The standard InChI is InChI=1S/C14H15NO4/c1-8-5-10(7-12(17-3)13(8)18-4)6-11-14(16)19-9(2)15-11/h5-7H,1-4H3/b11-6-. The summed E-state index contributed by atoms with van der Waals surface area (Å²) in [7, 11) is 3.16. The number of carbonyl (C=O) groups is 1. The minimum absolute atomic E-state index is 0.282. The first-order valence-electron chi connectivity index (χ1n) is 5.77. The van der Waals surface area contributed by atoms with Crippen LogP contribution in [0, 0.1) is 6.92 Å². The fourth-order valence-corrected chi connectivity index (χ4v) is 1.94. The number of esters is 1. The van der Waals surface area contributed by atoms with Crippen LogP contribution in [0.2, 0.25) is 0 Å². The fraction of sp³-hybridized carbons (Fsp3) is 0.286. The SMILES string of the molecule is COc1cc(/C=C2\N=C(C)OC2=O)cc(C)c1OC. The van der Waals surface area contributed by atoms with E-state index in [0.29, 0.717) is 17.4 Å². The molecule has 1 aliphatic heterocycles. The van der Waals surface area contributed by atoms with Crippen molar-refractivity contribution >= 4 is 17.9 Å². The van der Waals surface area contributed by atoms with Crippen LogP contribution < -0.4 is 9.47 Å². The minimum Gasteiger partial charge on any atom is -0.493 e. The molecule has 0 N–H and O–H groups in total. The Morgan fingerprint density at radius 1 is 1.21 bits per heavy atom. The molecular formula is C14H15NO4. The maximum absolute atomic E-state index is 11.5. The van der Waals surface area contributed by atoms with Crippen molar-refractivity contribution in [1.82, 2.24) is 0 Å².